The van der Waals surface area contributed by atoms with Gasteiger partial charge in [-0.25, -0.2) is 22.9 Å². The maximum Gasteiger partial charge on any atom is 0.344 e. The molecule has 3 heterocycles. The highest BCUT2D eigenvalue weighted by molar-refractivity contribution is 7.91. The number of hydrogen-bond donors (Lipinski definition) is 1. The quantitative estimate of drug-likeness (QED) is 0.607. The minimum absolute atomic E-state index is 0.00740. The molecule has 0 spiro atoms. The van der Waals surface area contributed by atoms with E-state index in [1.807, 2.05) is 0 Å². The lowest BCUT2D eigenvalue weighted by molar-refractivity contribution is -0.118. The van der Waals surface area contributed by atoms with Gasteiger partial charge in [-0.3, -0.25) is 10.1 Å². The van der Waals surface area contributed by atoms with E-state index in [0.717, 1.165) is 5.01 Å². The van der Waals surface area contributed by atoms with E-state index < -0.39 is 21.8 Å². The van der Waals surface area contributed by atoms with Crippen LogP contribution in [0.15, 0.2) is 5.10 Å². The highest BCUT2D eigenvalue weighted by atomic mass is 35.5. The van der Waals surface area contributed by atoms with Crippen LogP contribution < -0.4 is 5.32 Å². The second-order valence-electron chi connectivity index (χ2n) is 5.45. The summed E-state index contributed by atoms with van der Waals surface area (Å²) >= 11 is 6.28. The number of aryl methyl sites for hydroxylation is 1. The fourth-order valence-electron chi connectivity index (χ4n) is 2.54. The van der Waals surface area contributed by atoms with Gasteiger partial charge in [0.15, 0.2) is 9.84 Å². The number of rotatable bonds is 3. The third-order valence-corrected chi connectivity index (χ3v) is 5.85. The molecule has 23 heavy (non-hydrogen) atoms. The lowest BCUT2D eigenvalue weighted by Gasteiger charge is -2.09. The standard InChI is InChI=1S/C12H14ClN5O4S/c1-7-9(4-14-17-5-10(19)15-12(17)20)11(13)18(16-7)8-2-3-23(21,22)6-8/h4,8H,2-3,5-6H2,1H3,(H,15,19,20)/t8-/m1/s1. The van der Waals surface area contributed by atoms with Crippen LogP contribution in [0.25, 0.3) is 0 Å². The van der Waals surface area contributed by atoms with Crippen molar-refractivity contribution in [3.8, 4) is 0 Å². The first-order chi connectivity index (χ1) is 10.8. The van der Waals surface area contributed by atoms with Crippen LogP contribution in [0, 0.1) is 6.92 Å². The Morgan fingerprint density at radius 2 is 2.17 bits per heavy atom. The van der Waals surface area contributed by atoms with Crippen LogP contribution in [0.1, 0.15) is 23.7 Å². The van der Waals surface area contributed by atoms with Gasteiger partial charge in [0, 0.05) is 0 Å². The van der Waals surface area contributed by atoms with Gasteiger partial charge in [-0.2, -0.15) is 10.2 Å². The molecule has 0 saturated carbocycles. The van der Waals surface area contributed by atoms with E-state index in [2.05, 4.69) is 15.5 Å². The summed E-state index contributed by atoms with van der Waals surface area (Å²) in [5, 5.41) is 11.6. The topological polar surface area (TPSA) is 114 Å². The third kappa shape index (κ3) is 3.08. The predicted molar refractivity (Wildman–Crippen MR) is 82.1 cm³/mol. The minimum Gasteiger partial charge on any atom is -0.275 e. The van der Waals surface area contributed by atoms with Crippen molar-refractivity contribution in [2.24, 2.45) is 5.10 Å². The molecular formula is C12H14ClN5O4S. The average Bonchev–Trinajstić information content (AvgIpc) is 3.06. The molecule has 3 amide bonds. The molecule has 0 radical (unpaired) electrons. The van der Waals surface area contributed by atoms with Crippen LogP contribution in [0.3, 0.4) is 0 Å². The summed E-state index contributed by atoms with van der Waals surface area (Å²) < 4.78 is 24.7. The highest BCUT2D eigenvalue weighted by Gasteiger charge is 2.32. The van der Waals surface area contributed by atoms with E-state index in [1.165, 1.54) is 10.9 Å². The molecule has 2 aliphatic heterocycles. The van der Waals surface area contributed by atoms with E-state index >= 15 is 0 Å². The van der Waals surface area contributed by atoms with E-state index in [0.29, 0.717) is 17.7 Å². The van der Waals surface area contributed by atoms with Crippen molar-refractivity contribution >= 4 is 39.6 Å². The summed E-state index contributed by atoms with van der Waals surface area (Å²) in [5.41, 5.74) is 1.05. The first-order valence-electron chi connectivity index (χ1n) is 6.87. The van der Waals surface area contributed by atoms with Crippen molar-refractivity contribution in [1.82, 2.24) is 20.1 Å². The number of carbonyl (C=O) groups excluding carboxylic acids is 2. The molecule has 1 N–H and O–H groups in total. The lowest BCUT2D eigenvalue weighted by Crippen LogP contribution is -2.24. The largest absolute Gasteiger partial charge is 0.344 e. The molecule has 2 fully saturated rings. The van der Waals surface area contributed by atoms with Crippen LogP contribution in [-0.4, -0.2) is 59.4 Å². The minimum atomic E-state index is -3.05. The van der Waals surface area contributed by atoms with Gasteiger partial charge in [0.25, 0.3) is 0 Å². The van der Waals surface area contributed by atoms with Crippen molar-refractivity contribution in [3.05, 3.63) is 16.4 Å². The van der Waals surface area contributed by atoms with Crippen molar-refractivity contribution in [2.75, 3.05) is 18.1 Å². The molecular weight excluding hydrogens is 346 g/mol. The van der Waals surface area contributed by atoms with Gasteiger partial charge in [-0.05, 0) is 13.3 Å². The number of nitrogens with one attached hydrogen (secondary N) is 1. The number of carbonyl (C=O) groups is 2. The zero-order valence-corrected chi connectivity index (χ0v) is 13.8. The maximum absolute atomic E-state index is 11.6. The summed E-state index contributed by atoms with van der Waals surface area (Å²) in [7, 11) is -3.05. The molecule has 1 atom stereocenters. The summed E-state index contributed by atoms with van der Waals surface area (Å²) in [6, 6.07) is -0.903. The molecule has 124 valence electrons. The van der Waals surface area contributed by atoms with Gasteiger partial charge in [-0.1, -0.05) is 11.6 Å². The number of aromatic nitrogens is 2. The Morgan fingerprint density at radius 1 is 1.43 bits per heavy atom. The van der Waals surface area contributed by atoms with Gasteiger partial charge in [0.2, 0.25) is 5.91 Å². The van der Waals surface area contributed by atoms with Gasteiger partial charge in [-0.15, -0.1) is 0 Å². The Kier molecular flexibility index (Phi) is 3.88. The molecule has 2 saturated heterocycles. The number of urea groups is 1. The Morgan fingerprint density at radius 3 is 2.74 bits per heavy atom. The van der Waals surface area contributed by atoms with Crippen LogP contribution in [0.2, 0.25) is 5.15 Å². The van der Waals surface area contributed by atoms with Gasteiger partial charge in [0.1, 0.15) is 11.7 Å². The first-order valence-corrected chi connectivity index (χ1v) is 9.07. The maximum atomic E-state index is 11.6. The zero-order valence-electron chi connectivity index (χ0n) is 12.2. The van der Waals surface area contributed by atoms with Gasteiger partial charge >= 0.3 is 6.03 Å². The summed E-state index contributed by atoms with van der Waals surface area (Å²) in [6.45, 7) is 1.56. The Bertz CT molecular complexity index is 816. The average molecular weight is 360 g/mol. The molecule has 0 aromatic carbocycles. The zero-order chi connectivity index (χ0) is 16.8. The second kappa shape index (κ2) is 5.60. The van der Waals surface area contributed by atoms with E-state index in [-0.39, 0.29) is 29.2 Å². The van der Waals surface area contributed by atoms with Crippen LogP contribution >= 0.6 is 11.6 Å². The molecule has 0 aliphatic carbocycles. The smallest absolute Gasteiger partial charge is 0.275 e. The molecule has 3 rings (SSSR count). The Balaban J connectivity index is 1.84. The van der Waals surface area contributed by atoms with Crippen molar-refractivity contribution in [1.29, 1.82) is 0 Å². The number of hydrogen-bond acceptors (Lipinski definition) is 6. The van der Waals surface area contributed by atoms with Crippen LogP contribution in [0.5, 0.6) is 0 Å². The number of imide groups is 1. The lowest BCUT2D eigenvalue weighted by atomic mass is 10.2. The summed E-state index contributed by atoms with van der Waals surface area (Å²) in [4.78, 5) is 22.5. The third-order valence-electron chi connectivity index (χ3n) is 3.73. The van der Waals surface area contributed by atoms with E-state index in [4.69, 9.17) is 11.6 Å². The highest BCUT2D eigenvalue weighted by Crippen LogP contribution is 2.29. The van der Waals surface area contributed by atoms with Crippen LogP contribution in [0.4, 0.5) is 4.79 Å². The molecule has 1 aromatic rings. The SMILES string of the molecule is Cc1nn([C@@H]2CCS(=O)(=O)C2)c(Cl)c1C=NN1CC(=O)NC1=O. The number of halogens is 1. The Hall–Kier alpha value is -1.94. The molecule has 0 bridgehead atoms. The van der Waals surface area contributed by atoms with Gasteiger partial charge < -0.3 is 0 Å². The molecule has 9 nitrogen and oxygen atoms in total. The summed E-state index contributed by atoms with van der Waals surface area (Å²) in [5.74, 6) is -0.304. The predicted octanol–water partition coefficient (Wildman–Crippen LogP) is 0.0902. The van der Waals surface area contributed by atoms with Crippen molar-refractivity contribution < 1.29 is 18.0 Å². The molecule has 2 aliphatic rings. The normalized spacial score (nSPS) is 23.9. The first kappa shape index (κ1) is 15.9. The van der Waals surface area contributed by atoms with Crippen molar-refractivity contribution in [3.63, 3.8) is 0 Å². The number of nitrogens with zero attached hydrogens (tertiary/aromatic N) is 4. The number of hydrazone groups is 1. The fourth-order valence-corrected chi connectivity index (χ4v) is 4.59. The van der Waals surface area contributed by atoms with Crippen molar-refractivity contribution in [2.45, 2.75) is 19.4 Å². The monoisotopic (exact) mass is 359 g/mol. The molecule has 11 heteroatoms. The summed E-state index contributed by atoms with van der Waals surface area (Å²) in [6.07, 6.45) is 1.81. The number of sulfone groups is 1. The molecule has 1 aromatic heterocycles. The van der Waals surface area contributed by atoms with E-state index in [1.54, 1.807) is 6.92 Å². The van der Waals surface area contributed by atoms with E-state index in [9.17, 15) is 18.0 Å². The molecule has 0 unspecified atom stereocenters. The Labute approximate surface area is 137 Å². The van der Waals surface area contributed by atoms with Gasteiger partial charge in [0.05, 0.1) is 35.0 Å². The number of amides is 3. The second-order valence-corrected chi connectivity index (χ2v) is 8.03. The van der Waals surface area contributed by atoms with Crippen LogP contribution in [-0.2, 0) is 14.6 Å². The fraction of sp³-hybridized carbons (Fsp3) is 0.500.